The molecular weight excluding hydrogens is 190 g/mol. The van der Waals surface area contributed by atoms with Gasteiger partial charge in [0.2, 0.25) is 5.95 Å². The highest BCUT2D eigenvalue weighted by Gasteiger charge is 2.08. The summed E-state index contributed by atoms with van der Waals surface area (Å²) in [5, 5.41) is 14.5. The highest BCUT2D eigenvalue weighted by Crippen LogP contribution is 2.08. The van der Waals surface area contributed by atoms with E-state index in [9.17, 15) is 0 Å². The Hall–Kier alpha value is -0.840. The lowest BCUT2D eigenvalue weighted by Crippen LogP contribution is -2.16. The SMILES string of the molecule is CC(C)Nc1nnnn1C(C)C.Cl. The molecule has 0 amide bonds. The number of tetrazole rings is 1. The molecule has 1 heterocycles. The van der Waals surface area contributed by atoms with E-state index in [-0.39, 0.29) is 12.4 Å². The van der Waals surface area contributed by atoms with Gasteiger partial charge in [0, 0.05) is 6.04 Å². The van der Waals surface area contributed by atoms with E-state index in [1.165, 1.54) is 0 Å². The van der Waals surface area contributed by atoms with Crippen LogP contribution < -0.4 is 5.32 Å². The molecule has 5 nitrogen and oxygen atoms in total. The van der Waals surface area contributed by atoms with Gasteiger partial charge in [0.25, 0.3) is 0 Å². The van der Waals surface area contributed by atoms with Crippen LogP contribution in [0.3, 0.4) is 0 Å². The van der Waals surface area contributed by atoms with E-state index < -0.39 is 0 Å². The second-order valence-corrected chi connectivity index (χ2v) is 3.34. The van der Waals surface area contributed by atoms with E-state index in [2.05, 4.69) is 34.7 Å². The van der Waals surface area contributed by atoms with E-state index in [1.807, 2.05) is 13.8 Å². The monoisotopic (exact) mass is 205 g/mol. The molecule has 0 aliphatic rings. The van der Waals surface area contributed by atoms with Crippen molar-refractivity contribution in [2.45, 2.75) is 39.8 Å². The molecule has 13 heavy (non-hydrogen) atoms. The molecule has 0 atom stereocenters. The zero-order valence-electron chi connectivity index (χ0n) is 8.35. The predicted molar refractivity (Wildman–Crippen MR) is 54.2 cm³/mol. The largest absolute Gasteiger partial charge is 0.351 e. The summed E-state index contributed by atoms with van der Waals surface area (Å²) in [4.78, 5) is 0. The Morgan fingerprint density at radius 2 is 1.85 bits per heavy atom. The standard InChI is InChI=1S/C7H15N5.ClH/c1-5(2)8-7-9-10-11-12(7)6(3)4;/h5-6H,1-4H3,(H,8,9,11);1H. The average Bonchev–Trinajstić information content (AvgIpc) is 2.33. The Balaban J connectivity index is 0.00000144. The van der Waals surface area contributed by atoms with Gasteiger partial charge in [0.15, 0.2) is 0 Å². The molecule has 0 spiro atoms. The van der Waals surface area contributed by atoms with Crippen molar-refractivity contribution in [3.05, 3.63) is 0 Å². The molecule has 0 radical (unpaired) electrons. The molecule has 0 aromatic carbocycles. The van der Waals surface area contributed by atoms with Crippen molar-refractivity contribution >= 4 is 18.4 Å². The van der Waals surface area contributed by atoms with Crippen LogP contribution in [-0.2, 0) is 0 Å². The molecule has 0 aliphatic heterocycles. The van der Waals surface area contributed by atoms with Gasteiger partial charge in [-0.05, 0) is 38.1 Å². The third kappa shape index (κ3) is 3.18. The number of anilines is 1. The quantitative estimate of drug-likeness (QED) is 0.813. The minimum absolute atomic E-state index is 0. The van der Waals surface area contributed by atoms with Gasteiger partial charge in [-0.3, -0.25) is 0 Å². The number of nitrogens with zero attached hydrogens (tertiary/aromatic N) is 4. The Labute approximate surface area is 84.3 Å². The maximum absolute atomic E-state index is 3.87. The first kappa shape index (κ1) is 12.2. The fourth-order valence-corrected chi connectivity index (χ4v) is 0.895. The lowest BCUT2D eigenvalue weighted by Gasteiger charge is -2.11. The highest BCUT2D eigenvalue weighted by molar-refractivity contribution is 5.85. The topological polar surface area (TPSA) is 55.6 Å². The summed E-state index contributed by atoms with van der Waals surface area (Å²) in [5.41, 5.74) is 0. The van der Waals surface area contributed by atoms with Crippen molar-refractivity contribution in [2.75, 3.05) is 5.32 Å². The molecule has 0 fully saturated rings. The Kier molecular flexibility index (Phi) is 4.69. The van der Waals surface area contributed by atoms with Crippen molar-refractivity contribution in [1.29, 1.82) is 0 Å². The first-order chi connectivity index (χ1) is 5.61. The van der Waals surface area contributed by atoms with Gasteiger partial charge in [-0.25, -0.2) is 4.68 Å². The number of hydrogen-bond acceptors (Lipinski definition) is 4. The number of hydrogen-bond donors (Lipinski definition) is 1. The third-order valence-corrected chi connectivity index (χ3v) is 1.40. The molecule has 1 N–H and O–H groups in total. The molecule has 1 aromatic rings. The van der Waals surface area contributed by atoms with Gasteiger partial charge in [-0.15, -0.1) is 12.4 Å². The summed E-state index contributed by atoms with van der Waals surface area (Å²) < 4.78 is 1.76. The number of aromatic nitrogens is 4. The molecule has 0 saturated heterocycles. The van der Waals surface area contributed by atoms with Gasteiger partial charge < -0.3 is 5.32 Å². The molecular formula is C7H16ClN5. The molecule has 0 saturated carbocycles. The smallest absolute Gasteiger partial charge is 0.243 e. The number of nitrogens with one attached hydrogen (secondary N) is 1. The number of rotatable bonds is 3. The van der Waals surface area contributed by atoms with Gasteiger partial charge in [-0.1, -0.05) is 5.10 Å². The van der Waals surface area contributed by atoms with Gasteiger partial charge in [-0.2, -0.15) is 0 Å². The Bertz CT molecular complexity index is 245. The van der Waals surface area contributed by atoms with Crippen molar-refractivity contribution in [1.82, 2.24) is 20.2 Å². The zero-order valence-corrected chi connectivity index (χ0v) is 9.17. The summed E-state index contributed by atoms with van der Waals surface area (Å²) in [6.07, 6.45) is 0. The molecule has 1 rings (SSSR count). The van der Waals surface area contributed by atoms with Crippen LogP contribution in [0.2, 0.25) is 0 Å². The fraction of sp³-hybridized carbons (Fsp3) is 0.857. The van der Waals surface area contributed by atoms with E-state index in [0.717, 1.165) is 5.95 Å². The number of halogens is 1. The lowest BCUT2D eigenvalue weighted by molar-refractivity contribution is 0.517. The van der Waals surface area contributed by atoms with Crippen molar-refractivity contribution in [2.24, 2.45) is 0 Å². The Morgan fingerprint density at radius 3 is 2.31 bits per heavy atom. The minimum atomic E-state index is 0. The maximum atomic E-state index is 3.87. The minimum Gasteiger partial charge on any atom is -0.351 e. The summed E-state index contributed by atoms with van der Waals surface area (Å²) in [7, 11) is 0. The lowest BCUT2D eigenvalue weighted by atomic mass is 10.4. The van der Waals surface area contributed by atoms with Crippen LogP contribution >= 0.6 is 12.4 Å². The van der Waals surface area contributed by atoms with Crippen molar-refractivity contribution in [3.63, 3.8) is 0 Å². The highest BCUT2D eigenvalue weighted by atomic mass is 35.5. The van der Waals surface area contributed by atoms with Crippen molar-refractivity contribution < 1.29 is 0 Å². The predicted octanol–water partition coefficient (Wildman–Crippen LogP) is 1.50. The first-order valence-electron chi connectivity index (χ1n) is 4.15. The van der Waals surface area contributed by atoms with Gasteiger partial charge >= 0.3 is 0 Å². The van der Waals surface area contributed by atoms with E-state index >= 15 is 0 Å². The van der Waals surface area contributed by atoms with Crippen LogP contribution in [0.15, 0.2) is 0 Å². The van der Waals surface area contributed by atoms with Gasteiger partial charge in [0.05, 0.1) is 6.04 Å². The normalized spacial score (nSPS) is 10.3. The maximum Gasteiger partial charge on any atom is 0.243 e. The second kappa shape index (κ2) is 5.01. The second-order valence-electron chi connectivity index (χ2n) is 3.34. The summed E-state index contributed by atoms with van der Waals surface area (Å²) in [5.74, 6) is 0.736. The first-order valence-corrected chi connectivity index (χ1v) is 4.15. The zero-order chi connectivity index (χ0) is 9.14. The average molecular weight is 206 g/mol. The van der Waals surface area contributed by atoms with Crippen LogP contribution in [0, 0.1) is 0 Å². The Morgan fingerprint density at radius 1 is 1.23 bits per heavy atom. The van der Waals surface area contributed by atoms with Crippen LogP contribution in [0.1, 0.15) is 33.7 Å². The molecule has 0 aliphatic carbocycles. The van der Waals surface area contributed by atoms with Crippen LogP contribution in [0.25, 0.3) is 0 Å². The molecule has 6 heteroatoms. The molecule has 0 bridgehead atoms. The van der Waals surface area contributed by atoms with Crippen molar-refractivity contribution in [3.8, 4) is 0 Å². The summed E-state index contributed by atoms with van der Waals surface area (Å²) >= 11 is 0. The molecule has 76 valence electrons. The third-order valence-electron chi connectivity index (χ3n) is 1.40. The fourth-order valence-electron chi connectivity index (χ4n) is 0.895. The van der Waals surface area contributed by atoms with Crippen LogP contribution in [-0.4, -0.2) is 26.2 Å². The van der Waals surface area contributed by atoms with Gasteiger partial charge in [0.1, 0.15) is 0 Å². The van der Waals surface area contributed by atoms with E-state index in [1.54, 1.807) is 4.68 Å². The molecule has 1 aromatic heterocycles. The van der Waals surface area contributed by atoms with E-state index in [0.29, 0.717) is 12.1 Å². The molecule has 0 unspecified atom stereocenters. The van der Waals surface area contributed by atoms with Crippen LogP contribution in [0.4, 0.5) is 5.95 Å². The van der Waals surface area contributed by atoms with Crippen LogP contribution in [0.5, 0.6) is 0 Å². The summed E-state index contributed by atoms with van der Waals surface area (Å²) in [6, 6.07) is 0.648. The summed E-state index contributed by atoms with van der Waals surface area (Å²) in [6.45, 7) is 8.20. The van der Waals surface area contributed by atoms with E-state index in [4.69, 9.17) is 0 Å².